The molecule has 2 saturated heterocycles. The molecule has 0 radical (unpaired) electrons. The molecule has 9 nitrogen and oxygen atoms in total. The van der Waals surface area contributed by atoms with Crippen molar-refractivity contribution < 1.29 is 29.6 Å². The highest BCUT2D eigenvalue weighted by atomic mass is 16.5. The average molecular weight is 472 g/mol. The summed E-state index contributed by atoms with van der Waals surface area (Å²) in [4.78, 5) is 20.3. The van der Waals surface area contributed by atoms with Gasteiger partial charge >= 0.3 is 0 Å². The number of likely N-dealkylation sites (tertiary alicyclic amines) is 1. The number of anilines is 1. The Bertz CT molecular complexity index is 997. The van der Waals surface area contributed by atoms with Crippen LogP contribution in [0, 0.1) is 5.41 Å². The molecule has 2 fully saturated rings. The smallest absolute Gasteiger partial charge is 0.253 e. The van der Waals surface area contributed by atoms with Crippen molar-refractivity contribution in [3.63, 3.8) is 0 Å². The number of benzene rings is 1. The molecular formula is C25H33N3O6. The molecule has 0 unspecified atom stereocenters. The number of hydrogen-bond acceptors (Lipinski definition) is 8. The molecule has 4 rings (SSSR count). The standard InChI is InChI=1S/C25H33N3O6/c1-16(30)25(2)15-28(24(32)21(31)14-29)13-20(25)17-4-5-22(33-3)23(10-17)34-19-11-27(12-19)18-6-8-26-9-7-18/h4-10,16,19-21,29-31H,11-15H2,1-3H3/t16-,20+,21+,25+/m1/s1. The van der Waals surface area contributed by atoms with E-state index in [9.17, 15) is 20.1 Å². The second-order valence-corrected chi connectivity index (χ2v) is 9.41. The van der Waals surface area contributed by atoms with E-state index in [0.29, 0.717) is 18.0 Å². The van der Waals surface area contributed by atoms with Crippen molar-refractivity contribution in [2.75, 3.05) is 44.8 Å². The van der Waals surface area contributed by atoms with Gasteiger partial charge in [-0.3, -0.25) is 9.78 Å². The number of hydrogen-bond donors (Lipinski definition) is 3. The number of methoxy groups -OCH3 is 1. The Hall–Kier alpha value is -2.88. The highest BCUT2D eigenvalue weighted by Gasteiger charge is 2.49. The molecule has 0 aliphatic carbocycles. The maximum Gasteiger partial charge on any atom is 0.253 e. The monoisotopic (exact) mass is 471 g/mol. The lowest BCUT2D eigenvalue weighted by Crippen LogP contribution is -2.54. The molecule has 2 aliphatic rings. The van der Waals surface area contributed by atoms with E-state index in [1.807, 2.05) is 37.3 Å². The molecule has 9 heteroatoms. The molecule has 34 heavy (non-hydrogen) atoms. The van der Waals surface area contributed by atoms with E-state index in [1.54, 1.807) is 26.4 Å². The van der Waals surface area contributed by atoms with Crippen molar-refractivity contribution in [1.29, 1.82) is 0 Å². The summed E-state index contributed by atoms with van der Waals surface area (Å²) >= 11 is 0. The van der Waals surface area contributed by atoms with Gasteiger partial charge in [-0.15, -0.1) is 0 Å². The summed E-state index contributed by atoms with van der Waals surface area (Å²) in [7, 11) is 1.60. The van der Waals surface area contributed by atoms with Crippen LogP contribution in [0.2, 0.25) is 0 Å². The third kappa shape index (κ3) is 4.55. The summed E-state index contributed by atoms with van der Waals surface area (Å²) in [6.07, 6.45) is 1.37. The zero-order valence-electron chi connectivity index (χ0n) is 19.8. The molecule has 2 aromatic rings. The number of aliphatic hydroxyl groups is 3. The number of carbonyl (C=O) groups is 1. The van der Waals surface area contributed by atoms with Crippen LogP contribution in [-0.2, 0) is 4.79 Å². The number of aliphatic hydroxyl groups excluding tert-OH is 3. The first kappa shape index (κ1) is 24.3. The summed E-state index contributed by atoms with van der Waals surface area (Å²) in [5, 5.41) is 29.7. The average Bonchev–Trinajstić information content (AvgIpc) is 3.19. The number of pyridine rings is 1. The molecule has 0 saturated carbocycles. The molecule has 0 spiro atoms. The Morgan fingerprint density at radius 3 is 2.50 bits per heavy atom. The van der Waals surface area contributed by atoms with E-state index >= 15 is 0 Å². The predicted octanol–water partition coefficient (Wildman–Crippen LogP) is 1.02. The van der Waals surface area contributed by atoms with Gasteiger partial charge in [0.1, 0.15) is 6.10 Å². The second-order valence-electron chi connectivity index (χ2n) is 9.41. The van der Waals surface area contributed by atoms with Crippen LogP contribution in [0.4, 0.5) is 5.69 Å². The van der Waals surface area contributed by atoms with Crippen LogP contribution in [0.25, 0.3) is 0 Å². The van der Waals surface area contributed by atoms with Crippen molar-refractivity contribution in [2.45, 2.75) is 38.1 Å². The topological polar surface area (TPSA) is 116 Å². The first-order chi connectivity index (χ1) is 16.3. The molecule has 1 aromatic heterocycles. The normalized spacial score (nSPS) is 24.5. The zero-order chi connectivity index (χ0) is 24.5. The van der Waals surface area contributed by atoms with Crippen LogP contribution in [0.5, 0.6) is 11.5 Å². The molecule has 1 aromatic carbocycles. The SMILES string of the molecule is COc1ccc([C@@H]2CN(C(=O)[C@@H](O)CO)C[C@@]2(C)[C@@H](C)O)cc1OC1CN(c2ccncc2)C1. The summed E-state index contributed by atoms with van der Waals surface area (Å²) in [5.41, 5.74) is 1.38. The minimum atomic E-state index is -1.46. The Balaban J connectivity index is 1.53. The van der Waals surface area contributed by atoms with Gasteiger partial charge in [0.15, 0.2) is 17.6 Å². The lowest BCUT2D eigenvalue weighted by molar-refractivity contribution is -0.141. The molecule has 3 N–H and O–H groups in total. The summed E-state index contributed by atoms with van der Waals surface area (Å²) in [5.74, 6) is 0.511. The number of amides is 1. The molecule has 0 bridgehead atoms. The number of nitrogens with zero attached hydrogens (tertiary/aromatic N) is 3. The predicted molar refractivity (Wildman–Crippen MR) is 126 cm³/mol. The fraction of sp³-hybridized carbons (Fsp3) is 0.520. The van der Waals surface area contributed by atoms with Gasteiger partial charge in [-0.1, -0.05) is 13.0 Å². The molecule has 4 atom stereocenters. The summed E-state index contributed by atoms with van der Waals surface area (Å²) in [6, 6.07) is 9.64. The third-order valence-corrected chi connectivity index (χ3v) is 7.21. The maximum atomic E-state index is 12.6. The lowest BCUT2D eigenvalue weighted by atomic mass is 9.72. The Kier molecular flexibility index (Phi) is 6.97. The molecular weight excluding hydrogens is 438 g/mol. The molecule has 1 amide bonds. The first-order valence-corrected chi connectivity index (χ1v) is 11.5. The van der Waals surface area contributed by atoms with Crippen molar-refractivity contribution in [3.8, 4) is 11.5 Å². The second kappa shape index (κ2) is 9.77. The summed E-state index contributed by atoms with van der Waals surface area (Å²) in [6.45, 7) is 5.10. The lowest BCUT2D eigenvalue weighted by Gasteiger charge is -2.41. The number of aromatic nitrogens is 1. The van der Waals surface area contributed by atoms with Gasteiger partial charge in [0, 0.05) is 42.5 Å². The van der Waals surface area contributed by atoms with Crippen molar-refractivity contribution in [1.82, 2.24) is 9.88 Å². The number of ether oxygens (including phenoxy) is 2. The van der Waals surface area contributed by atoms with Crippen LogP contribution in [-0.4, -0.2) is 89.3 Å². The minimum absolute atomic E-state index is 0.00169. The zero-order valence-corrected chi connectivity index (χ0v) is 19.8. The van der Waals surface area contributed by atoms with E-state index in [4.69, 9.17) is 9.47 Å². The van der Waals surface area contributed by atoms with Crippen LogP contribution >= 0.6 is 0 Å². The van der Waals surface area contributed by atoms with Gasteiger partial charge in [0.25, 0.3) is 5.91 Å². The van der Waals surface area contributed by atoms with Gasteiger partial charge in [0.05, 0.1) is 32.9 Å². The number of carbonyl (C=O) groups excluding carboxylic acids is 1. The summed E-state index contributed by atoms with van der Waals surface area (Å²) < 4.78 is 11.8. The third-order valence-electron chi connectivity index (χ3n) is 7.21. The minimum Gasteiger partial charge on any atom is -0.493 e. The van der Waals surface area contributed by atoms with Gasteiger partial charge in [-0.2, -0.15) is 0 Å². The van der Waals surface area contributed by atoms with Crippen LogP contribution in [0.1, 0.15) is 25.3 Å². The van der Waals surface area contributed by atoms with Gasteiger partial charge < -0.3 is 34.6 Å². The Labute approximate surface area is 199 Å². The Morgan fingerprint density at radius 2 is 1.88 bits per heavy atom. The highest BCUT2D eigenvalue weighted by Crippen LogP contribution is 2.47. The van der Waals surface area contributed by atoms with E-state index in [0.717, 1.165) is 24.3 Å². The highest BCUT2D eigenvalue weighted by molar-refractivity contribution is 5.81. The van der Waals surface area contributed by atoms with E-state index in [2.05, 4.69) is 9.88 Å². The quantitative estimate of drug-likeness (QED) is 0.523. The van der Waals surface area contributed by atoms with E-state index < -0.39 is 30.1 Å². The van der Waals surface area contributed by atoms with Gasteiger partial charge in [0.2, 0.25) is 0 Å². The van der Waals surface area contributed by atoms with Crippen LogP contribution in [0.3, 0.4) is 0 Å². The molecule has 3 heterocycles. The maximum absolute atomic E-state index is 12.6. The van der Waals surface area contributed by atoms with Gasteiger partial charge in [-0.25, -0.2) is 0 Å². The van der Waals surface area contributed by atoms with Crippen LogP contribution < -0.4 is 14.4 Å². The van der Waals surface area contributed by atoms with Crippen LogP contribution in [0.15, 0.2) is 42.7 Å². The fourth-order valence-electron chi connectivity index (χ4n) is 4.84. The van der Waals surface area contributed by atoms with E-state index in [1.165, 1.54) is 4.90 Å². The van der Waals surface area contributed by atoms with Crippen molar-refractivity contribution in [3.05, 3.63) is 48.3 Å². The van der Waals surface area contributed by atoms with Crippen molar-refractivity contribution >= 4 is 11.6 Å². The largest absolute Gasteiger partial charge is 0.493 e. The van der Waals surface area contributed by atoms with Crippen molar-refractivity contribution in [2.24, 2.45) is 5.41 Å². The fourth-order valence-corrected chi connectivity index (χ4v) is 4.84. The molecule has 184 valence electrons. The van der Waals surface area contributed by atoms with Gasteiger partial charge in [-0.05, 0) is 36.8 Å². The first-order valence-electron chi connectivity index (χ1n) is 11.5. The number of rotatable bonds is 8. The Morgan fingerprint density at radius 1 is 1.18 bits per heavy atom. The van der Waals surface area contributed by atoms with E-state index in [-0.39, 0.29) is 18.6 Å². The molecule has 2 aliphatic heterocycles.